The summed E-state index contributed by atoms with van der Waals surface area (Å²) in [4.78, 5) is 31.8. The minimum Gasteiger partial charge on any atom is -0.274 e. The second-order valence-electron chi connectivity index (χ2n) is 6.16. The summed E-state index contributed by atoms with van der Waals surface area (Å²) in [5.41, 5.74) is 0.859. The van der Waals surface area contributed by atoms with E-state index in [1.54, 1.807) is 6.20 Å². The number of fused-ring (bicyclic) bond motifs is 5. The van der Waals surface area contributed by atoms with Crippen LogP contribution in [-0.4, -0.2) is 26.5 Å². The summed E-state index contributed by atoms with van der Waals surface area (Å²) in [6, 6.07) is 3.70. The van der Waals surface area contributed by atoms with Gasteiger partial charge in [0.1, 0.15) is 5.82 Å². The molecule has 2 saturated carbocycles. The maximum Gasteiger partial charge on any atom is 0.239 e. The molecule has 4 rings (SSSR count). The SMILES string of the molecule is Cc1cccnc1N1C(=O)[C@@H]2[C@H]3C[C@@H]([C@H](Br)[C@@H]3Br)[C@@H]2C1=O. The molecule has 3 aliphatic rings. The summed E-state index contributed by atoms with van der Waals surface area (Å²) in [6.07, 6.45) is 2.58. The van der Waals surface area contributed by atoms with Gasteiger partial charge in [0, 0.05) is 15.9 Å². The average Bonchev–Trinajstić information content (AvgIpc) is 3.06. The first-order valence-corrected chi connectivity index (χ1v) is 8.93. The number of pyridine rings is 1. The lowest BCUT2D eigenvalue weighted by Gasteiger charge is -2.28. The van der Waals surface area contributed by atoms with Gasteiger partial charge in [-0.2, -0.15) is 0 Å². The van der Waals surface area contributed by atoms with Crippen LogP contribution in [0.4, 0.5) is 5.82 Å². The molecule has 3 fully saturated rings. The maximum absolute atomic E-state index is 12.8. The number of amides is 2. The topological polar surface area (TPSA) is 50.3 Å². The molecule has 0 radical (unpaired) electrons. The molecule has 4 nitrogen and oxygen atoms in total. The molecule has 0 unspecified atom stereocenters. The Labute approximate surface area is 139 Å². The Morgan fingerprint density at radius 1 is 1.14 bits per heavy atom. The minimum absolute atomic E-state index is 0.0665. The fraction of sp³-hybridized carbons (Fsp3) is 0.533. The van der Waals surface area contributed by atoms with Crippen LogP contribution in [0.15, 0.2) is 18.3 Å². The predicted octanol–water partition coefficient (Wildman–Crippen LogP) is 2.67. The Hall–Kier alpha value is -0.750. The van der Waals surface area contributed by atoms with E-state index in [4.69, 9.17) is 0 Å². The molecular weight excluding hydrogens is 400 g/mol. The fourth-order valence-corrected chi connectivity index (χ4v) is 6.14. The standard InChI is InChI=1S/C15H14Br2N2O2/c1-6-3-2-4-18-13(6)19-14(20)9-7-5-8(10(9)15(19)21)12(17)11(7)16/h2-4,7-12H,5H2,1H3/t7-,8-,9-,10+,11-,12+/m1/s1. The molecule has 1 aliphatic heterocycles. The lowest BCUT2D eigenvalue weighted by molar-refractivity contribution is -0.123. The number of halogens is 2. The number of carbonyl (C=O) groups is 2. The number of nitrogens with zero attached hydrogens (tertiary/aromatic N) is 2. The van der Waals surface area contributed by atoms with Crippen molar-refractivity contribution in [1.29, 1.82) is 0 Å². The van der Waals surface area contributed by atoms with Crippen molar-refractivity contribution in [3.63, 3.8) is 0 Å². The Balaban J connectivity index is 1.77. The summed E-state index contributed by atoms with van der Waals surface area (Å²) in [7, 11) is 0. The van der Waals surface area contributed by atoms with Gasteiger partial charge in [-0.05, 0) is 36.8 Å². The number of rotatable bonds is 1. The highest BCUT2D eigenvalue weighted by Gasteiger charge is 2.66. The molecule has 2 amide bonds. The first kappa shape index (κ1) is 13.9. The molecule has 6 heteroatoms. The van der Waals surface area contributed by atoms with Crippen LogP contribution >= 0.6 is 31.9 Å². The summed E-state index contributed by atoms with van der Waals surface area (Å²) in [5, 5.41) is 0. The lowest BCUT2D eigenvalue weighted by atomic mass is 9.81. The number of aryl methyl sites for hydroxylation is 1. The van der Waals surface area contributed by atoms with Gasteiger partial charge in [0.15, 0.2) is 0 Å². The highest BCUT2D eigenvalue weighted by atomic mass is 79.9. The number of imide groups is 1. The Bertz CT molecular complexity index is 618. The number of carbonyl (C=O) groups excluding carboxylic acids is 2. The quantitative estimate of drug-likeness (QED) is 0.525. The molecule has 2 heterocycles. The van der Waals surface area contributed by atoms with Gasteiger partial charge in [0.25, 0.3) is 0 Å². The fourth-order valence-electron chi connectivity index (χ4n) is 4.27. The molecule has 1 saturated heterocycles. The van der Waals surface area contributed by atoms with E-state index in [1.807, 2.05) is 19.1 Å². The van der Waals surface area contributed by atoms with Crippen LogP contribution in [0.2, 0.25) is 0 Å². The Kier molecular flexibility index (Phi) is 3.05. The van der Waals surface area contributed by atoms with E-state index in [0.29, 0.717) is 5.82 Å². The summed E-state index contributed by atoms with van der Waals surface area (Å²) in [6.45, 7) is 1.88. The summed E-state index contributed by atoms with van der Waals surface area (Å²) < 4.78 is 0. The molecule has 6 atom stereocenters. The number of aromatic nitrogens is 1. The van der Waals surface area contributed by atoms with Crippen LogP contribution in [0.3, 0.4) is 0 Å². The van der Waals surface area contributed by atoms with Gasteiger partial charge in [-0.15, -0.1) is 0 Å². The third-order valence-corrected chi connectivity index (χ3v) is 8.39. The minimum atomic E-state index is -0.179. The second kappa shape index (κ2) is 4.62. The van der Waals surface area contributed by atoms with Gasteiger partial charge >= 0.3 is 0 Å². The molecular formula is C15H14Br2N2O2. The summed E-state index contributed by atoms with van der Waals surface area (Å²) in [5.74, 6) is 0.499. The van der Waals surface area contributed by atoms with Crippen molar-refractivity contribution in [2.45, 2.75) is 23.0 Å². The van der Waals surface area contributed by atoms with Crippen LogP contribution in [-0.2, 0) is 9.59 Å². The molecule has 1 aromatic rings. The van der Waals surface area contributed by atoms with Crippen molar-refractivity contribution in [3.8, 4) is 0 Å². The van der Waals surface area contributed by atoms with Gasteiger partial charge in [0.05, 0.1) is 11.8 Å². The van der Waals surface area contributed by atoms with Crippen LogP contribution in [0, 0.1) is 30.6 Å². The van der Waals surface area contributed by atoms with E-state index < -0.39 is 0 Å². The van der Waals surface area contributed by atoms with Crippen molar-refractivity contribution in [1.82, 2.24) is 4.98 Å². The van der Waals surface area contributed by atoms with E-state index in [2.05, 4.69) is 36.8 Å². The number of alkyl halides is 2. The zero-order valence-electron chi connectivity index (χ0n) is 11.4. The maximum atomic E-state index is 12.8. The van der Waals surface area contributed by atoms with Gasteiger partial charge in [0.2, 0.25) is 11.8 Å². The van der Waals surface area contributed by atoms with Crippen LogP contribution in [0.5, 0.6) is 0 Å². The third kappa shape index (κ3) is 1.69. The second-order valence-corrected chi connectivity index (χ2v) is 8.27. The lowest BCUT2D eigenvalue weighted by Crippen LogP contribution is -2.37. The largest absolute Gasteiger partial charge is 0.274 e. The monoisotopic (exact) mass is 412 g/mol. The molecule has 110 valence electrons. The first-order valence-electron chi connectivity index (χ1n) is 7.10. The van der Waals surface area contributed by atoms with Crippen molar-refractivity contribution < 1.29 is 9.59 Å². The van der Waals surface area contributed by atoms with E-state index in [-0.39, 0.29) is 45.1 Å². The van der Waals surface area contributed by atoms with Crippen molar-refractivity contribution in [2.24, 2.45) is 23.7 Å². The number of hydrogen-bond donors (Lipinski definition) is 0. The number of anilines is 1. The predicted molar refractivity (Wildman–Crippen MR) is 85.5 cm³/mol. The highest BCUT2D eigenvalue weighted by molar-refractivity contribution is 9.12. The van der Waals surface area contributed by atoms with E-state index in [9.17, 15) is 9.59 Å². The molecule has 1 aromatic heterocycles. The van der Waals surface area contributed by atoms with Crippen molar-refractivity contribution in [3.05, 3.63) is 23.9 Å². The van der Waals surface area contributed by atoms with Gasteiger partial charge in [-0.25, -0.2) is 9.88 Å². The smallest absolute Gasteiger partial charge is 0.239 e. The van der Waals surface area contributed by atoms with Crippen molar-refractivity contribution in [2.75, 3.05) is 4.90 Å². The van der Waals surface area contributed by atoms with Gasteiger partial charge < -0.3 is 0 Å². The van der Waals surface area contributed by atoms with E-state index >= 15 is 0 Å². The van der Waals surface area contributed by atoms with E-state index in [0.717, 1.165) is 12.0 Å². The Morgan fingerprint density at radius 3 is 2.24 bits per heavy atom. The van der Waals surface area contributed by atoms with Gasteiger partial charge in [-0.3, -0.25) is 9.59 Å². The average molecular weight is 414 g/mol. The third-order valence-electron chi connectivity index (χ3n) is 5.18. The molecule has 2 bridgehead atoms. The first-order chi connectivity index (χ1) is 10.0. The molecule has 2 aliphatic carbocycles. The van der Waals surface area contributed by atoms with E-state index in [1.165, 1.54) is 4.90 Å². The molecule has 0 aromatic carbocycles. The van der Waals surface area contributed by atoms with Crippen LogP contribution < -0.4 is 4.90 Å². The van der Waals surface area contributed by atoms with Gasteiger partial charge in [-0.1, -0.05) is 37.9 Å². The summed E-state index contributed by atoms with van der Waals surface area (Å²) >= 11 is 7.38. The highest BCUT2D eigenvalue weighted by Crippen LogP contribution is 2.60. The number of hydrogen-bond acceptors (Lipinski definition) is 3. The van der Waals surface area contributed by atoms with Crippen LogP contribution in [0.25, 0.3) is 0 Å². The molecule has 0 N–H and O–H groups in total. The molecule has 0 spiro atoms. The zero-order chi connectivity index (χ0) is 14.9. The molecule has 21 heavy (non-hydrogen) atoms. The zero-order valence-corrected chi connectivity index (χ0v) is 14.5. The normalized spacial score (nSPS) is 41.0. The Morgan fingerprint density at radius 2 is 1.71 bits per heavy atom. The van der Waals surface area contributed by atoms with Crippen LogP contribution in [0.1, 0.15) is 12.0 Å². The van der Waals surface area contributed by atoms with Crippen molar-refractivity contribution >= 4 is 49.5 Å².